The number of carbonyl (C=O) groups excluding carboxylic acids is 1. The molecule has 6 nitrogen and oxygen atoms in total. The smallest absolute Gasteiger partial charge is 0.258 e. The summed E-state index contributed by atoms with van der Waals surface area (Å²) < 4.78 is 0. The number of hydrogen-bond acceptors (Lipinski definition) is 4. The average Bonchev–Trinajstić information content (AvgIpc) is 2.98. The average molecular weight is 383 g/mol. The summed E-state index contributed by atoms with van der Waals surface area (Å²) in [4.78, 5) is 34.4. The van der Waals surface area contributed by atoms with Gasteiger partial charge in [0.25, 0.3) is 5.56 Å². The zero-order valence-corrected chi connectivity index (χ0v) is 16.5. The van der Waals surface area contributed by atoms with Gasteiger partial charge in [-0.15, -0.1) is 0 Å². The van der Waals surface area contributed by atoms with E-state index in [0.717, 1.165) is 19.5 Å². The zero-order valence-electron chi connectivity index (χ0n) is 16.5. The molecule has 1 aliphatic heterocycles. The van der Waals surface area contributed by atoms with Crippen molar-refractivity contribution in [3.8, 4) is 0 Å². The molecule has 1 saturated carbocycles. The number of aromatic nitrogens is 2. The number of rotatable bonds is 5. The van der Waals surface area contributed by atoms with Crippen LogP contribution in [0.1, 0.15) is 57.2 Å². The Morgan fingerprint density at radius 1 is 1.14 bits per heavy atom. The molecular formula is C22H30N4O2. The Balaban J connectivity index is 1.27. The van der Waals surface area contributed by atoms with E-state index >= 15 is 0 Å². The van der Waals surface area contributed by atoms with Crippen molar-refractivity contribution in [2.45, 2.75) is 69.9 Å². The fourth-order valence-corrected chi connectivity index (χ4v) is 4.64. The minimum absolute atomic E-state index is 0.0449. The number of hydrogen-bond donors (Lipinski definition) is 2. The predicted molar refractivity (Wildman–Crippen MR) is 110 cm³/mol. The third kappa shape index (κ3) is 4.61. The van der Waals surface area contributed by atoms with Crippen molar-refractivity contribution in [1.82, 2.24) is 20.2 Å². The first-order valence-corrected chi connectivity index (χ1v) is 10.7. The quantitative estimate of drug-likeness (QED) is 0.780. The summed E-state index contributed by atoms with van der Waals surface area (Å²) in [6.45, 7) is 2.07. The van der Waals surface area contributed by atoms with Crippen molar-refractivity contribution in [3.05, 3.63) is 40.4 Å². The second-order valence-electron chi connectivity index (χ2n) is 8.22. The van der Waals surface area contributed by atoms with Crippen LogP contribution in [-0.2, 0) is 11.2 Å². The Bertz CT molecular complexity index is 870. The van der Waals surface area contributed by atoms with E-state index in [4.69, 9.17) is 0 Å². The molecule has 1 amide bonds. The molecule has 2 N–H and O–H groups in total. The van der Waals surface area contributed by atoms with Gasteiger partial charge in [-0.25, -0.2) is 4.98 Å². The molecule has 1 aromatic carbocycles. The van der Waals surface area contributed by atoms with Crippen LogP contribution in [0.2, 0.25) is 0 Å². The van der Waals surface area contributed by atoms with Crippen molar-refractivity contribution in [2.75, 3.05) is 13.1 Å². The number of para-hydroxylation sites is 1. The number of amides is 1. The summed E-state index contributed by atoms with van der Waals surface area (Å²) in [5, 5.41) is 3.77. The highest BCUT2D eigenvalue weighted by atomic mass is 16.1. The number of nitrogens with one attached hydrogen (secondary N) is 2. The first-order valence-electron chi connectivity index (χ1n) is 10.7. The van der Waals surface area contributed by atoms with Gasteiger partial charge in [0, 0.05) is 38.0 Å². The minimum Gasteiger partial charge on any atom is -0.352 e. The number of aromatic amines is 1. The lowest BCUT2D eigenvalue weighted by Crippen LogP contribution is -2.39. The van der Waals surface area contributed by atoms with Gasteiger partial charge in [0.1, 0.15) is 5.82 Å². The van der Waals surface area contributed by atoms with Crippen LogP contribution in [0.4, 0.5) is 0 Å². The molecule has 0 spiro atoms. The third-order valence-corrected chi connectivity index (χ3v) is 6.18. The van der Waals surface area contributed by atoms with E-state index in [0.29, 0.717) is 35.6 Å². The Hall–Kier alpha value is -2.21. The Morgan fingerprint density at radius 2 is 1.93 bits per heavy atom. The summed E-state index contributed by atoms with van der Waals surface area (Å²) in [5.74, 6) is 0.619. The molecule has 2 heterocycles. The Morgan fingerprint density at radius 3 is 2.75 bits per heavy atom. The Labute approximate surface area is 165 Å². The van der Waals surface area contributed by atoms with Crippen LogP contribution in [0.15, 0.2) is 29.1 Å². The molecule has 2 aliphatic rings. The first-order chi connectivity index (χ1) is 13.7. The third-order valence-electron chi connectivity index (χ3n) is 6.18. The molecule has 150 valence electrons. The number of fused-ring (bicyclic) bond motifs is 1. The summed E-state index contributed by atoms with van der Waals surface area (Å²) in [6, 6.07) is 8.24. The SMILES string of the molecule is O=C(CCc1nc2ccccc2c(=O)[nH]1)NC1CCN(C2CCCCCC2)C1. The molecule has 28 heavy (non-hydrogen) atoms. The van der Waals surface area contributed by atoms with E-state index in [1.807, 2.05) is 18.2 Å². The lowest BCUT2D eigenvalue weighted by Gasteiger charge is -2.26. The minimum atomic E-state index is -0.143. The molecule has 1 aromatic heterocycles. The maximum absolute atomic E-state index is 12.4. The molecule has 1 saturated heterocycles. The van der Waals surface area contributed by atoms with Crippen LogP contribution < -0.4 is 10.9 Å². The topological polar surface area (TPSA) is 78.1 Å². The van der Waals surface area contributed by atoms with Crippen molar-refractivity contribution >= 4 is 16.8 Å². The molecule has 1 atom stereocenters. The zero-order chi connectivity index (χ0) is 19.3. The molecule has 2 aromatic rings. The number of nitrogens with zero attached hydrogens (tertiary/aromatic N) is 2. The van der Waals surface area contributed by atoms with Gasteiger partial charge in [0.15, 0.2) is 0 Å². The maximum atomic E-state index is 12.4. The van der Waals surface area contributed by atoms with Gasteiger partial charge in [-0.2, -0.15) is 0 Å². The summed E-state index contributed by atoms with van der Waals surface area (Å²) >= 11 is 0. The van der Waals surface area contributed by atoms with Crippen LogP contribution in [0.5, 0.6) is 0 Å². The molecule has 0 radical (unpaired) electrons. The highest BCUT2D eigenvalue weighted by Crippen LogP contribution is 2.25. The highest BCUT2D eigenvalue weighted by Gasteiger charge is 2.29. The number of H-pyrrole nitrogens is 1. The lowest BCUT2D eigenvalue weighted by molar-refractivity contribution is -0.121. The van der Waals surface area contributed by atoms with Crippen LogP contribution in [0.25, 0.3) is 10.9 Å². The number of benzene rings is 1. The van der Waals surface area contributed by atoms with Gasteiger partial charge in [-0.05, 0) is 31.4 Å². The van der Waals surface area contributed by atoms with Crippen molar-refractivity contribution in [3.63, 3.8) is 0 Å². The molecule has 4 rings (SSSR count). The van der Waals surface area contributed by atoms with E-state index < -0.39 is 0 Å². The van der Waals surface area contributed by atoms with E-state index in [1.165, 1.54) is 38.5 Å². The van der Waals surface area contributed by atoms with Crippen LogP contribution >= 0.6 is 0 Å². The van der Waals surface area contributed by atoms with E-state index in [1.54, 1.807) is 6.07 Å². The van der Waals surface area contributed by atoms with E-state index in [-0.39, 0.29) is 17.5 Å². The van der Waals surface area contributed by atoms with E-state index in [2.05, 4.69) is 20.2 Å². The molecule has 6 heteroatoms. The predicted octanol–water partition coefficient (Wildman–Crippen LogP) is 2.77. The van der Waals surface area contributed by atoms with Crippen LogP contribution in [-0.4, -0.2) is 45.9 Å². The number of likely N-dealkylation sites (tertiary alicyclic amines) is 1. The van der Waals surface area contributed by atoms with E-state index in [9.17, 15) is 9.59 Å². The second-order valence-corrected chi connectivity index (χ2v) is 8.22. The molecule has 2 fully saturated rings. The monoisotopic (exact) mass is 382 g/mol. The van der Waals surface area contributed by atoms with Crippen LogP contribution in [0, 0.1) is 0 Å². The van der Waals surface area contributed by atoms with Gasteiger partial charge >= 0.3 is 0 Å². The van der Waals surface area contributed by atoms with Crippen molar-refractivity contribution in [2.24, 2.45) is 0 Å². The molecule has 0 bridgehead atoms. The van der Waals surface area contributed by atoms with Gasteiger partial charge in [0.2, 0.25) is 5.91 Å². The summed E-state index contributed by atoms with van der Waals surface area (Å²) in [6.07, 6.45) is 9.87. The summed E-state index contributed by atoms with van der Waals surface area (Å²) in [7, 11) is 0. The summed E-state index contributed by atoms with van der Waals surface area (Å²) in [5.41, 5.74) is 0.535. The molecule has 1 unspecified atom stereocenters. The number of carbonyl (C=O) groups is 1. The van der Waals surface area contributed by atoms with Gasteiger partial charge in [-0.3, -0.25) is 14.5 Å². The first kappa shape index (κ1) is 19.1. The largest absolute Gasteiger partial charge is 0.352 e. The van der Waals surface area contributed by atoms with Crippen molar-refractivity contribution < 1.29 is 4.79 Å². The molecule has 1 aliphatic carbocycles. The highest BCUT2D eigenvalue weighted by molar-refractivity contribution is 5.78. The standard InChI is InChI=1S/C22H30N4O2/c27-21(12-11-20-24-19-10-6-5-9-18(19)22(28)25-20)23-16-13-14-26(15-16)17-7-3-1-2-4-8-17/h5-6,9-10,16-17H,1-4,7-8,11-15H2,(H,23,27)(H,24,25,28). The van der Waals surface area contributed by atoms with Crippen molar-refractivity contribution in [1.29, 1.82) is 0 Å². The lowest BCUT2D eigenvalue weighted by atomic mass is 10.1. The maximum Gasteiger partial charge on any atom is 0.258 e. The van der Waals surface area contributed by atoms with Crippen LogP contribution in [0.3, 0.4) is 0 Å². The number of aryl methyl sites for hydroxylation is 1. The second kappa shape index (κ2) is 8.86. The fraction of sp³-hybridized carbons (Fsp3) is 0.591. The van der Waals surface area contributed by atoms with Gasteiger partial charge in [-0.1, -0.05) is 37.8 Å². The Kier molecular flexibility index (Phi) is 6.05. The normalized spacial score (nSPS) is 21.6. The fourth-order valence-electron chi connectivity index (χ4n) is 4.64. The van der Waals surface area contributed by atoms with Gasteiger partial charge in [0.05, 0.1) is 10.9 Å². The molecular weight excluding hydrogens is 352 g/mol. The van der Waals surface area contributed by atoms with Gasteiger partial charge < -0.3 is 10.3 Å².